The Morgan fingerprint density at radius 3 is 2.08 bits per heavy atom. The summed E-state index contributed by atoms with van der Waals surface area (Å²) in [5.41, 5.74) is 3.16. The number of nitrogens with one attached hydrogen (secondary N) is 1. The molecule has 0 bridgehead atoms. The third-order valence-corrected chi connectivity index (χ3v) is 7.75. The average Bonchev–Trinajstić information content (AvgIpc) is 2.91. The van der Waals surface area contributed by atoms with Crippen LogP contribution in [0.4, 0.5) is 0 Å². The number of nitrogens with zero attached hydrogens (tertiary/aromatic N) is 1. The third-order valence-electron chi connectivity index (χ3n) is 6.37. The van der Waals surface area contributed by atoms with Crippen molar-refractivity contribution in [3.8, 4) is 0 Å². The first-order valence-electron chi connectivity index (χ1n) is 11.8. The maximum atomic E-state index is 13.5. The SMILES string of the molecule is C=C1CSC2C(NC(=O)Cc3ccccc3)C(=O)N2C1C(=O)OC(c1ccccc1)c1ccccc1. The minimum Gasteiger partial charge on any atom is -0.451 e. The number of ether oxygens (including phenoxy) is 1. The Labute approximate surface area is 214 Å². The number of esters is 1. The van der Waals surface area contributed by atoms with Gasteiger partial charge in [0.25, 0.3) is 0 Å². The molecule has 2 amide bonds. The van der Waals surface area contributed by atoms with Crippen LogP contribution in [-0.2, 0) is 25.5 Å². The summed E-state index contributed by atoms with van der Waals surface area (Å²) in [6, 6.07) is 26.8. The highest BCUT2D eigenvalue weighted by Gasteiger charge is 2.56. The van der Waals surface area contributed by atoms with Crippen LogP contribution in [0.1, 0.15) is 22.8 Å². The summed E-state index contributed by atoms with van der Waals surface area (Å²) in [7, 11) is 0. The largest absolute Gasteiger partial charge is 0.451 e. The molecule has 3 aromatic rings. The lowest BCUT2D eigenvalue weighted by atomic mass is 9.97. The number of benzene rings is 3. The van der Waals surface area contributed by atoms with Gasteiger partial charge in [-0.05, 0) is 22.3 Å². The Hall–Kier alpha value is -3.84. The number of thioether (sulfide) groups is 1. The van der Waals surface area contributed by atoms with Gasteiger partial charge in [0, 0.05) is 5.75 Å². The molecule has 36 heavy (non-hydrogen) atoms. The summed E-state index contributed by atoms with van der Waals surface area (Å²) in [5.74, 6) is -0.546. The van der Waals surface area contributed by atoms with Crippen LogP contribution < -0.4 is 5.32 Å². The van der Waals surface area contributed by atoms with Crippen LogP contribution >= 0.6 is 11.8 Å². The van der Waals surface area contributed by atoms with E-state index in [0.29, 0.717) is 11.3 Å². The predicted octanol–water partition coefficient (Wildman–Crippen LogP) is 3.89. The molecule has 0 radical (unpaired) electrons. The fourth-order valence-electron chi connectivity index (χ4n) is 4.59. The fourth-order valence-corrected chi connectivity index (χ4v) is 5.89. The second kappa shape index (κ2) is 10.4. The van der Waals surface area contributed by atoms with Gasteiger partial charge in [-0.1, -0.05) is 97.6 Å². The summed E-state index contributed by atoms with van der Waals surface area (Å²) in [5, 5.41) is 2.51. The highest BCUT2D eigenvalue weighted by atomic mass is 32.2. The van der Waals surface area contributed by atoms with E-state index in [2.05, 4.69) is 11.9 Å². The molecule has 3 unspecified atom stereocenters. The van der Waals surface area contributed by atoms with Gasteiger partial charge in [-0.3, -0.25) is 9.59 Å². The highest BCUT2D eigenvalue weighted by molar-refractivity contribution is 8.00. The number of β-lactam (4-membered cyclic amide) rings is 1. The van der Waals surface area contributed by atoms with Crippen molar-refractivity contribution >= 4 is 29.5 Å². The van der Waals surface area contributed by atoms with Crippen molar-refractivity contribution in [1.82, 2.24) is 10.2 Å². The zero-order chi connectivity index (χ0) is 25.1. The summed E-state index contributed by atoms with van der Waals surface area (Å²) in [4.78, 5) is 40.7. The van der Waals surface area contributed by atoms with Gasteiger partial charge in [-0.2, -0.15) is 0 Å². The van der Waals surface area contributed by atoms with E-state index in [4.69, 9.17) is 4.74 Å². The van der Waals surface area contributed by atoms with Gasteiger partial charge in [0.05, 0.1) is 6.42 Å². The molecule has 2 aliphatic heterocycles. The molecule has 3 aromatic carbocycles. The fraction of sp³-hybridized carbons (Fsp3) is 0.207. The first-order chi connectivity index (χ1) is 17.5. The van der Waals surface area contributed by atoms with E-state index in [9.17, 15) is 14.4 Å². The Morgan fingerprint density at radius 2 is 1.50 bits per heavy atom. The Bertz CT molecular complexity index is 1230. The molecular weight excluding hydrogens is 472 g/mol. The van der Waals surface area contributed by atoms with Gasteiger partial charge < -0.3 is 15.0 Å². The zero-order valence-corrected chi connectivity index (χ0v) is 20.4. The number of carbonyl (C=O) groups excluding carboxylic acids is 3. The number of fused-ring (bicyclic) bond motifs is 1. The second-order valence-electron chi connectivity index (χ2n) is 8.85. The smallest absolute Gasteiger partial charge is 0.334 e. The van der Waals surface area contributed by atoms with Gasteiger partial charge in [0.2, 0.25) is 11.8 Å². The van der Waals surface area contributed by atoms with E-state index in [1.54, 1.807) is 0 Å². The molecule has 1 N–H and O–H groups in total. The minimum atomic E-state index is -0.888. The molecule has 2 saturated heterocycles. The van der Waals surface area contributed by atoms with Crippen molar-refractivity contribution in [1.29, 1.82) is 0 Å². The lowest BCUT2D eigenvalue weighted by Gasteiger charge is -2.52. The molecule has 2 fully saturated rings. The van der Waals surface area contributed by atoms with E-state index >= 15 is 0 Å². The van der Waals surface area contributed by atoms with Gasteiger partial charge in [0.15, 0.2) is 12.1 Å². The normalized spacial score (nSPS) is 20.9. The van der Waals surface area contributed by atoms with Crippen LogP contribution in [-0.4, -0.2) is 45.9 Å². The average molecular weight is 499 g/mol. The van der Waals surface area contributed by atoms with Crippen molar-refractivity contribution in [2.45, 2.75) is 30.0 Å². The number of carbonyl (C=O) groups is 3. The standard InChI is InChI=1S/C29H26N2O4S/c1-19-18-36-28-24(30-23(32)17-20-11-5-2-6-12-20)27(33)31(28)25(19)29(34)35-26(21-13-7-3-8-14-21)22-15-9-4-10-16-22/h2-16,24-26,28H,1,17-18H2,(H,30,32). The molecule has 0 saturated carbocycles. The molecule has 0 aliphatic carbocycles. The number of hydrogen-bond donors (Lipinski definition) is 1. The van der Waals surface area contributed by atoms with Crippen LogP contribution in [0.3, 0.4) is 0 Å². The van der Waals surface area contributed by atoms with Crippen LogP contribution in [0.15, 0.2) is 103 Å². The summed E-state index contributed by atoms with van der Waals surface area (Å²) >= 11 is 1.50. The monoisotopic (exact) mass is 498 g/mol. The minimum absolute atomic E-state index is 0.190. The molecule has 6 nitrogen and oxygen atoms in total. The van der Waals surface area contributed by atoms with E-state index in [-0.39, 0.29) is 23.6 Å². The maximum absolute atomic E-state index is 13.5. The van der Waals surface area contributed by atoms with Crippen molar-refractivity contribution in [2.24, 2.45) is 0 Å². The van der Waals surface area contributed by atoms with Crippen LogP contribution in [0, 0.1) is 0 Å². The molecule has 2 heterocycles. The maximum Gasteiger partial charge on any atom is 0.334 e. The lowest BCUT2D eigenvalue weighted by molar-refractivity contribution is -0.165. The quantitative estimate of drug-likeness (QED) is 0.304. The van der Waals surface area contributed by atoms with Crippen molar-refractivity contribution in [3.63, 3.8) is 0 Å². The van der Waals surface area contributed by atoms with E-state index in [1.165, 1.54) is 16.7 Å². The first-order valence-corrected chi connectivity index (χ1v) is 12.8. The molecule has 0 spiro atoms. The van der Waals surface area contributed by atoms with Crippen molar-refractivity contribution < 1.29 is 19.1 Å². The highest BCUT2D eigenvalue weighted by Crippen LogP contribution is 2.41. The Balaban J connectivity index is 1.30. The molecule has 5 rings (SSSR count). The van der Waals surface area contributed by atoms with Gasteiger partial charge in [-0.15, -0.1) is 11.8 Å². The van der Waals surface area contributed by atoms with Crippen molar-refractivity contribution in [3.05, 3.63) is 120 Å². The van der Waals surface area contributed by atoms with Gasteiger partial charge >= 0.3 is 5.97 Å². The number of rotatable bonds is 7. The van der Waals surface area contributed by atoms with E-state index in [1.807, 2.05) is 91.0 Å². The third kappa shape index (κ3) is 4.79. The predicted molar refractivity (Wildman–Crippen MR) is 139 cm³/mol. The van der Waals surface area contributed by atoms with Crippen molar-refractivity contribution in [2.75, 3.05) is 5.75 Å². The molecule has 7 heteroatoms. The topological polar surface area (TPSA) is 75.7 Å². The van der Waals surface area contributed by atoms with E-state index < -0.39 is 24.2 Å². The van der Waals surface area contributed by atoms with E-state index in [0.717, 1.165) is 16.7 Å². The Kier molecular flexibility index (Phi) is 6.91. The molecular formula is C29H26N2O4S. The van der Waals surface area contributed by atoms with Crippen LogP contribution in [0.25, 0.3) is 0 Å². The number of amides is 2. The van der Waals surface area contributed by atoms with Crippen LogP contribution in [0.5, 0.6) is 0 Å². The number of hydrogen-bond acceptors (Lipinski definition) is 5. The van der Waals surface area contributed by atoms with Gasteiger partial charge in [0.1, 0.15) is 11.4 Å². The lowest BCUT2D eigenvalue weighted by Crippen LogP contribution is -2.74. The summed E-state index contributed by atoms with van der Waals surface area (Å²) in [6.45, 7) is 4.06. The van der Waals surface area contributed by atoms with Gasteiger partial charge in [-0.25, -0.2) is 4.79 Å². The molecule has 2 aliphatic rings. The first kappa shape index (κ1) is 23.9. The molecule has 3 atom stereocenters. The molecule has 182 valence electrons. The molecule has 0 aromatic heterocycles. The van der Waals surface area contributed by atoms with Crippen LogP contribution in [0.2, 0.25) is 0 Å². The summed E-state index contributed by atoms with van der Waals surface area (Å²) in [6.07, 6.45) is -0.422. The second-order valence-corrected chi connectivity index (χ2v) is 9.96. The Morgan fingerprint density at radius 1 is 0.944 bits per heavy atom. The zero-order valence-electron chi connectivity index (χ0n) is 19.6. The summed E-state index contributed by atoms with van der Waals surface area (Å²) < 4.78 is 6.04.